The first-order chi connectivity index (χ1) is 15.3. The number of rotatable bonds is 6. The molecule has 0 bridgehead atoms. The van der Waals surface area contributed by atoms with Crippen LogP contribution in [0.2, 0.25) is 0 Å². The van der Waals surface area contributed by atoms with E-state index in [0.29, 0.717) is 12.3 Å². The van der Waals surface area contributed by atoms with Gasteiger partial charge in [-0.3, -0.25) is 4.79 Å². The second kappa shape index (κ2) is 8.43. The molecular weight excluding hydrogens is 462 g/mol. The molecule has 3 aromatic rings. The lowest BCUT2D eigenvalue weighted by molar-refractivity contribution is -0.110. The van der Waals surface area contributed by atoms with Crippen LogP contribution in [0.5, 0.6) is 0 Å². The van der Waals surface area contributed by atoms with Crippen LogP contribution < -0.4 is 5.32 Å². The number of sulfone groups is 1. The zero-order valence-electron chi connectivity index (χ0n) is 18.1. The van der Waals surface area contributed by atoms with Gasteiger partial charge in [-0.15, -0.1) is 11.3 Å². The summed E-state index contributed by atoms with van der Waals surface area (Å²) in [6.45, 7) is 3.51. The zero-order valence-corrected chi connectivity index (χ0v) is 20.5. The number of thiophene rings is 1. The number of thioether (sulfide) groups is 1. The van der Waals surface area contributed by atoms with Crippen LogP contribution in [0.3, 0.4) is 0 Å². The summed E-state index contributed by atoms with van der Waals surface area (Å²) in [4.78, 5) is 24.0. The third-order valence-corrected chi connectivity index (χ3v) is 10.7. The molecule has 1 unspecified atom stereocenters. The van der Waals surface area contributed by atoms with E-state index in [4.69, 9.17) is 0 Å². The summed E-state index contributed by atoms with van der Waals surface area (Å²) in [5.74, 6) is 1.45. The third-order valence-electron chi connectivity index (χ3n) is 6.36. The molecule has 0 saturated heterocycles. The van der Waals surface area contributed by atoms with E-state index in [1.165, 1.54) is 22.2 Å². The molecular formula is C23H25N3O3S3. The molecule has 1 aromatic carbocycles. The molecule has 2 aliphatic rings. The second-order valence-electron chi connectivity index (χ2n) is 8.82. The topological polar surface area (TPSA) is 89.0 Å². The molecule has 1 atom stereocenters. The first-order valence-electron chi connectivity index (χ1n) is 10.9. The normalized spacial score (nSPS) is 18.2. The molecule has 0 saturated carbocycles. The quantitative estimate of drug-likeness (QED) is 0.527. The number of hydrogen-bond acceptors (Lipinski definition) is 8. The number of carbonyl (C=O) groups is 1. The van der Waals surface area contributed by atoms with Crippen LogP contribution in [0.4, 0.5) is 11.5 Å². The van der Waals surface area contributed by atoms with E-state index in [9.17, 15) is 13.2 Å². The molecule has 1 N–H and O–H groups in total. The number of anilines is 2. The highest BCUT2D eigenvalue weighted by molar-refractivity contribution is 8.14. The molecule has 32 heavy (non-hydrogen) atoms. The van der Waals surface area contributed by atoms with Gasteiger partial charge in [0.05, 0.1) is 16.4 Å². The minimum Gasteiger partial charge on any atom is -0.340 e. The van der Waals surface area contributed by atoms with Gasteiger partial charge in [0.1, 0.15) is 17.0 Å². The first kappa shape index (κ1) is 21.9. The Bertz CT molecular complexity index is 1310. The highest BCUT2D eigenvalue weighted by Crippen LogP contribution is 2.42. The molecule has 1 aliphatic heterocycles. The fourth-order valence-corrected chi connectivity index (χ4v) is 7.78. The van der Waals surface area contributed by atoms with Crippen molar-refractivity contribution in [1.29, 1.82) is 0 Å². The van der Waals surface area contributed by atoms with Crippen molar-refractivity contribution < 1.29 is 13.2 Å². The lowest BCUT2D eigenvalue weighted by atomic mass is 9.86. The summed E-state index contributed by atoms with van der Waals surface area (Å²) in [6, 6.07) is 6.02. The SMILES string of the molecule is CC(C)S(=O)(=O)CCC1CCc2c(sc3ncnc(Nc4ccc5c(c4)SC(=O)C5)c23)C1. The minimum atomic E-state index is -3.00. The summed E-state index contributed by atoms with van der Waals surface area (Å²) >= 11 is 3.00. The lowest BCUT2D eigenvalue weighted by Gasteiger charge is -2.22. The summed E-state index contributed by atoms with van der Waals surface area (Å²) in [5.41, 5.74) is 3.29. The predicted molar refractivity (Wildman–Crippen MR) is 131 cm³/mol. The van der Waals surface area contributed by atoms with E-state index >= 15 is 0 Å². The van der Waals surface area contributed by atoms with Gasteiger partial charge in [0.2, 0.25) is 0 Å². The Morgan fingerprint density at radius 2 is 2.09 bits per heavy atom. The Morgan fingerprint density at radius 1 is 1.25 bits per heavy atom. The van der Waals surface area contributed by atoms with Crippen molar-refractivity contribution in [2.75, 3.05) is 11.1 Å². The molecule has 5 rings (SSSR count). The Morgan fingerprint density at radius 3 is 2.91 bits per heavy atom. The number of nitrogens with zero attached hydrogens (tertiary/aromatic N) is 2. The van der Waals surface area contributed by atoms with E-state index in [-0.39, 0.29) is 16.1 Å². The Hall–Kier alpha value is -1.97. The maximum atomic E-state index is 12.2. The van der Waals surface area contributed by atoms with Crippen molar-refractivity contribution in [2.45, 2.75) is 56.1 Å². The fraction of sp³-hybridized carbons (Fsp3) is 0.435. The Kier molecular flexibility index (Phi) is 5.75. The van der Waals surface area contributed by atoms with Crippen LogP contribution in [0.15, 0.2) is 29.4 Å². The number of benzene rings is 1. The number of aromatic nitrogens is 2. The smallest absolute Gasteiger partial charge is 0.198 e. The largest absolute Gasteiger partial charge is 0.340 e. The maximum Gasteiger partial charge on any atom is 0.198 e. The highest BCUT2D eigenvalue weighted by atomic mass is 32.2. The van der Waals surface area contributed by atoms with Crippen molar-refractivity contribution in [3.63, 3.8) is 0 Å². The van der Waals surface area contributed by atoms with Gasteiger partial charge in [0, 0.05) is 21.9 Å². The van der Waals surface area contributed by atoms with Gasteiger partial charge in [-0.2, -0.15) is 0 Å². The fourth-order valence-electron chi connectivity index (χ4n) is 4.41. The number of carbonyl (C=O) groups excluding carboxylic acids is 1. The van der Waals surface area contributed by atoms with E-state index in [2.05, 4.69) is 15.3 Å². The van der Waals surface area contributed by atoms with Crippen LogP contribution >= 0.6 is 23.1 Å². The Balaban J connectivity index is 1.38. The van der Waals surface area contributed by atoms with Crippen LogP contribution in [0.1, 0.15) is 42.7 Å². The summed E-state index contributed by atoms with van der Waals surface area (Å²) in [7, 11) is -3.00. The van der Waals surface area contributed by atoms with Gasteiger partial charge in [0.15, 0.2) is 15.0 Å². The second-order valence-corrected chi connectivity index (χ2v) is 13.7. The molecule has 0 amide bonds. The first-order valence-corrected chi connectivity index (χ1v) is 14.2. The number of fused-ring (bicyclic) bond motifs is 4. The predicted octanol–water partition coefficient (Wildman–Crippen LogP) is 4.93. The average molecular weight is 488 g/mol. The molecule has 1 aliphatic carbocycles. The van der Waals surface area contributed by atoms with Crippen LogP contribution in [0, 0.1) is 5.92 Å². The van der Waals surface area contributed by atoms with Crippen LogP contribution in [0.25, 0.3) is 10.2 Å². The summed E-state index contributed by atoms with van der Waals surface area (Å²) in [5, 5.41) is 4.39. The highest BCUT2D eigenvalue weighted by Gasteiger charge is 2.27. The molecule has 0 fully saturated rings. The van der Waals surface area contributed by atoms with Gasteiger partial charge in [-0.05, 0) is 68.7 Å². The van der Waals surface area contributed by atoms with Gasteiger partial charge < -0.3 is 5.32 Å². The standard InChI is InChI=1S/C23H25N3O3S3/c1-13(2)32(28,29)8-7-14-3-6-17-19(9-14)31-23-21(17)22(24-12-25-23)26-16-5-4-15-10-20(27)30-18(15)11-16/h4-5,11-14H,3,6-10H2,1-2H3,(H,24,25,26). The van der Waals surface area contributed by atoms with Crippen LogP contribution in [-0.2, 0) is 33.9 Å². The monoisotopic (exact) mass is 487 g/mol. The van der Waals surface area contributed by atoms with Crippen molar-refractivity contribution in [3.05, 3.63) is 40.5 Å². The molecule has 0 spiro atoms. The lowest BCUT2D eigenvalue weighted by Crippen LogP contribution is -2.22. The van der Waals surface area contributed by atoms with Gasteiger partial charge >= 0.3 is 0 Å². The van der Waals surface area contributed by atoms with Gasteiger partial charge in [0.25, 0.3) is 0 Å². The van der Waals surface area contributed by atoms with E-state index in [0.717, 1.165) is 57.9 Å². The maximum absolute atomic E-state index is 12.2. The summed E-state index contributed by atoms with van der Waals surface area (Å²) < 4.78 is 24.4. The average Bonchev–Trinajstić information content (AvgIpc) is 3.31. The zero-order chi connectivity index (χ0) is 22.5. The van der Waals surface area contributed by atoms with Gasteiger partial charge in [-0.25, -0.2) is 18.4 Å². The van der Waals surface area contributed by atoms with Crippen molar-refractivity contribution in [2.24, 2.45) is 5.92 Å². The number of nitrogens with one attached hydrogen (secondary N) is 1. The van der Waals surface area contributed by atoms with E-state index in [1.54, 1.807) is 31.5 Å². The van der Waals surface area contributed by atoms with E-state index in [1.807, 2.05) is 18.2 Å². The molecule has 6 nitrogen and oxygen atoms in total. The van der Waals surface area contributed by atoms with Crippen LogP contribution in [-0.4, -0.2) is 34.5 Å². The van der Waals surface area contributed by atoms with Crippen molar-refractivity contribution >= 4 is 59.8 Å². The molecule has 2 aromatic heterocycles. The molecule has 0 radical (unpaired) electrons. The van der Waals surface area contributed by atoms with Gasteiger partial charge in [-0.1, -0.05) is 17.8 Å². The third kappa shape index (κ3) is 4.18. The Labute approximate surface area is 196 Å². The summed E-state index contributed by atoms with van der Waals surface area (Å²) in [6.07, 6.45) is 5.61. The molecule has 3 heterocycles. The van der Waals surface area contributed by atoms with E-state index < -0.39 is 9.84 Å². The number of aryl methyl sites for hydroxylation is 1. The molecule has 168 valence electrons. The minimum absolute atomic E-state index is 0.184. The van der Waals surface area contributed by atoms with Crippen molar-refractivity contribution in [3.8, 4) is 0 Å². The van der Waals surface area contributed by atoms with Crippen molar-refractivity contribution in [1.82, 2.24) is 9.97 Å². The number of hydrogen-bond donors (Lipinski definition) is 1. The molecule has 9 heteroatoms.